The van der Waals surface area contributed by atoms with Gasteiger partial charge in [0.1, 0.15) is 5.52 Å². The van der Waals surface area contributed by atoms with Gasteiger partial charge in [0.25, 0.3) is 0 Å². The van der Waals surface area contributed by atoms with Crippen molar-refractivity contribution >= 4 is 37.7 Å². The summed E-state index contributed by atoms with van der Waals surface area (Å²) in [6, 6.07) is 4.11. The molecule has 1 aliphatic rings. The minimum atomic E-state index is 0.598. The van der Waals surface area contributed by atoms with E-state index in [-0.39, 0.29) is 0 Å². The number of imidazole rings is 1. The van der Waals surface area contributed by atoms with Gasteiger partial charge in [0.15, 0.2) is 5.13 Å². The molecule has 21 heavy (non-hydrogen) atoms. The number of rotatable bonds is 3. The fraction of sp³-hybridized carbons (Fsp3) is 0.429. The number of aromatic nitrogens is 3. The second-order valence-electron chi connectivity index (χ2n) is 5.23. The predicted molar refractivity (Wildman–Crippen MR) is 84.6 cm³/mol. The summed E-state index contributed by atoms with van der Waals surface area (Å²) in [5.74, 6) is 0. The maximum atomic E-state index is 5.80. The maximum absolute atomic E-state index is 5.80. The molecule has 1 saturated heterocycles. The van der Waals surface area contributed by atoms with E-state index in [1.807, 2.05) is 12.4 Å². The highest BCUT2D eigenvalue weighted by Gasteiger charge is 2.13. The van der Waals surface area contributed by atoms with Crippen molar-refractivity contribution < 1.29 is 4.74 Å². The topological polar surface area (TPSA) is 69.2 Å². The van der Waals surface area contributed by atoms with Crippen LogP contribution in [0.4, 0.5) is 5.13 Å². The van der Waals surface area contributed by atoms with Gasteiger partial charge in [-0.05, 0) is 12.1 Å². The standard InChI is InChI=1S/C14H17N5OS/c15-14-17-10-1-2-11-12(13(10)21-14)16-9-19(11)4-3-18-5-7-20-8-6-18/h1-2,9H,3-8H2,(H2,15,17). The minimum absolute atomic E-state index is 0.598. The molecular formula is C14H17N5OS. The van der Waals surface area contributed by atoms with E-state index in [1.54, 1.807) is 0 Å². The van der Waals surface area contributed by atoms with E-state index in [9.17, 15) is 0 Å². The van der Waals surface area contributed by atoms with Gasteiger partial charge in [-0.25, -0.2) is 9.97 Å². The lowest BCUT2D eigenvalue weighted by molar-refractivity contribution is 0.0365. The van der Waals surface area contributed by atoms with Crippen LogP contribution in [0, 0.1) is 0 Å². The molecule has 2 aromatic heterocycles. The monoisotopic (exact) mass is 303 g/mol. The van der Waals surface area contributed by atoms with E-state index >= 15 is 0 Å². The lowest BCUT2D eigenvalue weighted by Crippen LogP contribution is -2.38. The second-order valence-corrected chi connectivity index (χ2v) is 6.26. The quantitative estimate of drug-likeness (QED) is 0.795. The smallest absolute Gasteiger partial charge is 0.181 e. The number of nitrogen functional groups attached to an aromatic ring is 1. The molecule has 1 aliphatic heterocycles. The van der Waals surface area contributed by atoms with Crippen molar-refractivity contribution in [2.24, 2.45) is 0 Å². The van der Waals surface area contributed by atoms with Gasteiger partial charge in [-0.3, -0.25) is 4.90 Å². The molecule has 0 bridgehead atoms. The van der Waals surface area contributed by atoms with Crippen LogP contribution in [0.2, 0.25) is 0 Å². The molecule has 3 aromatic rings. The molecule has 0 spiro atoms. The highest BCUT2D eigenvalue weighted by molar-refractivity contribution is 7.22. The molecule has 0 radical (unpaired) electrons. The molecule has 0 saturated carbocycles. The van der Waals surface area contributed by atoms with Gasteiger partial charge in [-0.2, -0.15) is 0 Å². The molecule has 0 atom stereocenters. The third-order valence-corrected chi connectivity index (χ3v) is 4.83. The molecular weight excluding hydrogens is 286 g/mol. The van der Waals surface area contributed by atoms with E-state index in [4.69, 9.17) is 10.5 Å². The number of benzene rings is 1. The normalized spacial score (nSPS) is 17.0. The fourth-order valence-corrected chi connectivity index (χ4v) is 3.61. The van der Waals surface area contributed by atoms with Crippen molar-refractivity contribution in [2.75, 3.05) is 38.6 Å². The summed E-state index contributed by atoms with van der Waals surface area (Å²) in [7, 11) is 0. The Morgan fingerprint density at radius 3 is 2.95 bits per heavy atom. The number of hydrogen-bond acceptors (Lipinski definition) is 6. The van der Waals surface area contributed by atoms with Crippen molar-refractivity contribution in [2.45, 2.75) is 6.54 Å². The molecule has 2 N–H and O–H groups in total. The highest BCUT2D eigenvalue weighted by atomic mass is 32.1. The van der Waals surface area contributed by atoms with Crippen molar-refractivity contribution in [3.8, 4) is 0 Å². The van der Waals surface area contributed by atoms with Gasteiger partial charge >= 0.3 is 0 Å². The van der Waals surface area contributed by atoms with Gasteiger partial charge < -0.3 is 15.0 Å². The van der Waals surface area contributed by atoms with Gasteiger partial charge in [-0.1, -0.05) is 11.3 Å². The Bertz CT molecular complexity index is 774. The van der Waals surface area contributed by atoms with Crippen LogP contribution in [-0.2, 0) is 11.3 Å². The summed E-state index contributed by atoms with van der Waals surface area (Å²) in [6.07, 6.45) is 1.92. The van der Waals surface area contributed by atoms with Crippen LogP contribution in [0.25, 0.3) is 21.3 Å². The van der Waals surface area contributed by atoms with Crippen molar-refractivity contribution in [1.29, 1.82) is 0 Å². The van der Waals surface area contributed by atoms with Crippen LogP contribution in [0.1, 0.15) is 0 Å². The summed E-state index contributed by atoms with van der Waals surface area (Å²) in [4.78, 5) is 11.3. The maximum Gasteiger partial charge on any atom is 0.181 e. The van der Waals surface area contributed by atoms with Crippen LogP contribution >= 0.6 is 11.3 Å². The first-order valence-corrected chi connectivity index (χ1v) is 7.93. The zero-order valence-corrected chi connectivity index (χ0v) is 12.5. The summed E-state index contributed by atoms with van der Waals surface area (Å²) in [6.45, 7) is 5.68. The fourth-order valence-electron chi connectivity index (χ4n) is 2.78. The average Bonchev–Trinajstić information content (AvgIpc) is 3.08. The number of nitrogens with zero attached hydrogens (tertiary/aromatic N) is 4. The summed E-state index contributed by atoms with van der Waals surface area (Å²) in [5, 5.41) is 0.598. The summed E-state index contributed by atoms with van der Waals surface area (Å²) >= 11 is 1.50. The van der Waals surface area contributed by atoms with E-state index in [1.165, 1.54) is 11.3 Å². The molecule has 0 unspecified atom stereocenters. The Kier molecular flexibility index (Phi) is 3.25. The van der Waals surface area contributed by atoms with Gasteiger partial charge in [0.05, 0.1) is 35.3 Å². The number of fused-ring (bicyclic) bond motifs is 3. The molecule has 6 nitrogen and oxygen atoms in total. The van der Waals surface area contributed by atoms with E-state index in [0.717, 1.165) is 60.6 Å². The van der Waals surface area contributed by atoms with E-state index < -0.39 is 0 Å². The average molecular weight is 303 g/mol. The Morgan fingerprint density at radius 1 is 1.24 bits per heavy atom. The number of nitrogens with two attached hydrogens (primary N) is 1. The second kappa shape index (κ2) is 5.25. The van der Waals surface area contributed by atoms with Gasteiger partial charge in [-0.15, -0.1) is 0 Å². The summed E-state index contributed by atoms with van der Waals surface area (Å²) < 4.78 is 8.67. The third kappa shape index (κ3) is 2.37. The van der Waals surface area contributed by atoms with Crippen LogP contribution in [0.5, 0.6) is 0 Å². The first-order chi connectivity index (χ1) is 10.3. The molecule has 1 aromatic carbocycles. The third-order valence-electron chi connectivity index (χ3n) is 3.92. The molecule has 3 heterocycles. The highest BCUT2D eigenvalue weighted by Crippen LogP contribution is 2.30. The van der Waals surface area contributed by atoms with E-state index in [2.05, 4.69) is 25.5 Å². The molecule has 0 amide bonds. The van der Waals surface area contributed by atoms with Crippen LogP contribution in [0.15, 0.2) is 18.5 Å². The van der Waals surface area contributed by atoms with Crippen molar-refractivity contribution in [1.82, 2.24) is 19.4 Å². The van der Waals surface area contributed by atoms with Crippen LogP contribution in [0.3, 0.4) is 0 Å². The number of thiazole rings is 1. The van der Waals surface area contributed by atoms with Crippen molar-refractivity contribution in [3.63, 3.8) is 0 Å². The van der Waals surface area contributed by atoms with Gasteiger partial charge in [0, 0.05) is 26.2 Å². The Labute approximate surface area is 126 Å². The Balaban J connectivity index is 1.61. The lowest BCUT2D eigenvalue weighted by Gasteiger charge is -2.26. The Morgan fingerprint density at radius 2 is 2.10 bits per heavy atom. The Hall–Kier alpha value is -1.70. The number of hydrogen-bond donors (Lipinski definition) is 1. The predicted octanol–water partition coefficient (Wildman–Crippen LogP) is 1.56. The lowest BCUT2D eigenvalue weighted by atomic mass is 10.3. The van der Waals surface area contributed by atoms with Crippen LogP contribution < -0.4 is 5.73 Å². The first-order valence-electron chi connectivity index (χ1n) is 7.11. The zero-order chi connectivity index (χ0) is 14.2. The first kappa shape index (κ1) is 13.0. The molecule has 7 heteroatoms. The van der Waals surface area contributed by atoms with E-state index in [0.29, 0.717) is 5.13 Å². The number of morpholine rings is 1. The molecule has 0 aliphatic carbocycles. The largest absolute Gasteiger partial charge is 0.379 e. The zero-order valence-electron chi connectivity index (χ0n) is 11.7. The molecule has 4 rings (SSSR count). The van der Waals surface area contributed by atoms with Crippen molar-refractivity contribution in [3.05, 3.63) is 18.5 Å². The minimum Gasteiger partial charge on any atom is -0.379 e. The summed E-state index contributed by atoms with van der Waals surface area (Å²) in [5.41, 5.74) is 8.89. The molecule has 110 valence electrons. The number of anilines is 1. The number of ether oxygens (including phenoxy) is 1. The van der Waals surface area contributed by atoms with Gasteiger partial charge in [0.2, 0.25) is 0 Å². The SMILES string of the molecule is Nc1nc2ccc3c(ncn3CCN3CCOCC3)c2s1. The van der Waals surface area contributed by atoms with Crippen LogP contribution in [-0.4, -0.2) is 52.3 Å². The molecule has 1 fully saturated rings.